The number of nitrogens with one attached hydrogen (secondary N) is 1. The summed E-state index contributed by atoms with van der Waals surface area (Å²) in [4.78, 5) is 9.40. The van der Waals surface area contributed by atoms with Crippen LogP contribution in [-0.2, 0) is 0 Å². The quantitative estimate of drug-likeness (QED) is 0.713. The first-order chi connectivity index (χ1) is 12.6. The van der Waals surface area contributed by atoms with E-state index in [0.29, 0.717) is 24.1 Å². The Labute approximate surface area is 155 Å². The van der Waals surface area contributed by atoms with Crippen molar-refractivity contribution in [3.05, 3.63) is 23.9 Å². The first-order valence-electron chi connectivity index (χ1n) is 9.12. The van der Waals surface area contributed by atoms with Crippen molar-refractivity contribution in [1.82, 2.24) is 9.97 Å². The highest BCUT2D eigenvalue weighted by molar-refractivity contribution is 5.72. The second kappa shape index (κ2) is 9.27. The molecule has 1 N–H and O–H groups in total. The molecule has 142 valence electrons. The van der Waals surface area contributed by atoms with E-state index in [9.17, 15) is 0 Å². The molecule has 6 heteroatoms. The number of aromatic nitrogens is 2. The molecular weight excluding hydrogens is 330 g/mol. The lowest BCUT2D eigenvalue weighted by molar-refractivity contribution is 0.185. The molecule has 0 saturated carbocycles. The SMILES string of the molecule is CCOc1ccc(-c2nc(NC)c(OC(CC)CC)nc2C)c(OC)c1. The number of methoxy groups -OCH3 is 1. The van der Waals surface area contributed by atoms with Crippen molar-refractivity contribution >= 4 is 5.82 Å². The highest BCUT2D eigenvalue weighted by atomic mass is 16.5. The number of hydrogen-bond donors (Lipinski definition) is 1. The van der Waals surface area contributed by atoms with Gasteiger partial charge in [0.2, 0.25) is 0 Å². The number of nitrogens with zero attached hydrogens (tertiary/aromatic N) is 2. The van der Waals surface area contributed by atoms with Crippen molar-refractivity contribution in [1.29, 1.82) is 0 Å². The highest BCUT2D eigenvalue weighted by Gasteiger charge is 2.18. The van der Waals surface area contributed by atoms with Gasteiger partial charge in [-0.3, -0.25) is 0 Å². The van der Waals surface area contributed by atoms with Gasteiger partial charge in [0.15, 0.2) is 5.82 Å². The van der Waals surface area contributed by atoms with Gasteiger partial charge in [0.1, 0.15) is 17.6 Å². The Morgan fingerprint density at radius 2 is 1.85 bits per heavy atom. The van der Waals surface area contributed by atoms with Gasteiger partial charge in [-0.15, -0.1) is 0 Å². The molecule has 2 rings (SSSR count). The van der Waals surface area contributed by atoms with Crippen molar-refractivity contribution in [2.75, 3.05) is 26.1 Å². The summed E-state index contributed by atoms with van der Waals surface area (Å²) in [6.07, 6.45) is 1.98. The second-order valence-electron chi connectivity index (χ2n) is 5.91. The van der Waals surface area contributed by atoms with Gasteiger partial charge in [0.05, 0.1) is 25.1 Å². The van der Waals surface area contributed by atoms with E-state index in [1.165, 1.54) is 0 Å². The third kappa shape index (κ3) is 4.36. The van der Waals surface area contributed by atoms with E-state index in [-0.39, 0.29) is 6.10 Å². The number of anilines is 1. The molecule has 0 spiro atoms. The van der Waals surface area contributed by atoms with Gasteiger partial charge >= 0.3 is 0 Å². The minimum Gasteiger partial charge on any atom is -0.496 e. The number of hydrogen-bond acceptors (Lipinski definition) is 6. The van der Waals surface area contributed by atoms with E-state index in [0.717, 1.165) is 35.5 Å². The van der Waals surface area contributed by atoms with E-state index < -0.39 is 0 Å². The van der Waals surface area contributed by atoms with Gasteiger partial charge in [0.25, 0.3) is 5.88 Å². The smallest absolute Gasteiger partial charge is 0.257 e. The average molecular weight is 359 g/mol. The summed E-state index contributed by atoms with van der Waals surface area (Å²) in [6.45, 7) is 8.69. The van der Waals surface area contributed by atoms with Gasteiger partial charge in [-0.2, -0.15) is 0 Å². The number of rotatable bonds is 9. The van der Waals surface area contributed by atoms with Crippen LogP contribution in [0.3, 0.4) is 0 Å². The Balaban J connectivity index is 2.47. The molecule has 0 aliphatic heterocycles. The van der Waals surface area contributed by atoms with Crippen LogP contribution >= 0.6 is 0 Å². The zero-order valence-corrected chi connectivity index (χ0v) is 16.5. The third-order valence-corrected chi connectivity index (χ3v) is 4.20. The molecule has 26 heavy (non-hydrogen) atoms. The molecule has 1 aromatic heterocycles. The summed E-state index contributed by atoms with van der Waals surface area (Å²) in [6, 6.07) is 5.73. The highest BCUT2D eigenvalue weighted by Crippen LogP contribution is 2.36. The van der Waals surface area contributed by atoms with Crippen LogP contribution in [-0.4, -0.2) is 36.8 Å². The zero-order chi connectivity index (χ0) is 19.1. The lowest BCUT2D eigenvalue weighted by Crippen LogP contribution is -2.16. The van der Waals surface area contributed by atoms with Crippen molar-refractivity contribution < 1.29 is 14.2 Å². The maximum absolute atomic E-state index is 6.03. The molecule has 0 bridgehead atoms. The number of ether oxygens (including phenoxy) is 3. The second-order valence-corrected chi connectivity index (χ2v) is 5.91. The Kier molecular flexibility index (Phi) is 7.06. The predicted molar refractivity (Wildman–Crippen MR) is 104 cm³/mol. The van der Waals surface area contributed by atoms with Gasteiger partial charge in [-0.25, -0.2) is 9.97 Å². The molecule has 6 nitrogen and oxygen atoms in total. The molecule has 0 amide bonds. The Morgan fingerprint density at radius 3 is 2.42 bits per heavy atom. The fourth-order valence-corrected chi connectivity index (χ4v) is 2.74. The van der Waals surface area contributed by atoms with Gasteiger partial charge in [-0.1, -0.05) is 13.8 Å². The van der Waals surface area contributed by atoms with Crippen LogP contribution in [0.2, 0.25) is 0 Å². The molecule has 0 aliphatic rings. The molecular formula is C20H29N3O3. The van der Waals surface area contributed by atoms with Gasteiger partial charge in [-0.05, 0) is 38.8 Å². The first kappa shape index (κ1) is 19.8. The lowest BCUT2D eigenvalue weighted by Gasteiger charge is -2.19. The fraction of sp³-hybridized carbons (Fsp3) is 0.500. The molecule has 0 saturated heterocycles. The maximum Gasteiger partial charge on any atom is 0.257 e. The standard InChI is InChI=1S/C20H29N3O3/c1-7-14(8-2)26-20-19(21-5)23-18(13(4)22-20)16-11-10-15(25-9-3)12-17(16)24-6/h10-12,14H,7-9H2,1-6H3,(H,21,23). The van der Waals surface area contributed by atoms with Crippen molar-refractivity contribution in [2.24, 2.45) is 0 Å². The van der Waals surface area contributed by atoms with E-state index >= 15 is 0 Å². The van der Waals surface area contributed by atoms with E-state index in [4.69, 9.17) is 19.2 Å². The van der Waals surface area contributed by atoms with Crippen LogP contribution in [0.1, 0.15) is 39.3 Å². The fourth-order valence-electron chi connectivity index (χ4n) is 2.74. The summed E-state index contributed by atoms with van der Waals surface area (Å²) in [5.41, 5.74) is 2.41. The molecule has 0 atom stereocenters. The first-order valence-corrected chi connectivity index (χ1v) is 9.12. The maximum atomic E-state index is 6.03. The van der Waals surface area contributed by atoms with Crippen LogP contribution in [0.5, 0.6) is 17.4 Å². The number of benzene rings is 1. The third-order valence-electron chi connectivity index (χ3n) is 4.20. The molecule has 2 aromatic rings. The molecule has 0 radical (unpaired) electrons. The summed E-state index contributed by atoms with van der Waals surface area (Å²) < 4.78 is 17.1. The van der Waals surface area contributed by atoms with E-state index in [2.05, 4.69) is 24.1 Å². The predicted octanol–water partition coefficient (Wildman–Crippen LogP) is 4.47. The minimum atomic E-state index is 0.127. The van der Waals surface area contributed by atoms with Crippen LogP contribution in [0.15, 0.2) is 18.2 Å². The molecule has 0 unspecified atom stereocenters. The zero-order valence-electron chi connectivity index (χ0n) is 16.5. The summed E-state index contributed by atoms with van der Waals surface area (Å²) in [5.74, 6) is 2.62. The normalized spacial score (nSPS) is 10.7. The number of aryl methyl sites for hydroxylation is 1. The Bertz CT molecular complexity index is 730. The molecule has 0 fully saturated rings. The molecule has 0 aliphatic carbocycles. The Morgan fingerprint density at radius 1 is 1.12 bits per heavy atom. The summed E-state index contributed by atoms with van der Waals surface area (Å²) >= 11 is 0. The minimum absolute atomic E-state index is 0.127. The molecule has 1 aromatic carbocycles. The van der Waals surface area contributed by atoms with Crippen molar-refractivity contribution in [2.45, 2.75) is 46.6 Å². The van der Waals surface area contributed by atoms with Gasteiger partial charge < -0.3 is 19.5 Å². The topological polar surface area (TPSA) is 65.5 Å². The van der Waals surface area contributed by atoms with Gasteiger partial charge in [0, 0.05) is 18.7 Å². The van der Waals surface area contributed by atoms with E-state index in [1.54, 1.807) is 7.11 Å². The van der Waals surface area contributed by atoms with Crippen LogP contribution < -0.4 is 19.5 Å². The molecule has 1 heterocycles. The monoisotopic (exact) mass is 359 g/mol. The van der Waals surface area contributed by atoms with Crippen molar-refractivity contribution in [3.63, 3.8) is 0 Å². The average Bonchev–Trinajstić information content (AvgIpc) is 2.66. The lowest BCUT2D eigenvalue weighted by atomic mass is 10.1. The van der Waals surface area contributed by atoms with Crippen LogP contribution in [0.4, 0.5) is 5.82 Å². The van der Waals surface area contributed by atoms with Crippen molar-refractivity contribution in [3.8, 4) is 28.6 Å². The summed E-state index contributed by atoms with van der Waals surface area (Å²) in [7, 11) is 3.46. The summed E-state index contributed by atoms with van der Waals surface area (Å²) in [5, 5.41) is 3.09. The van der Waals surface area contributed by atoms with Crippen LogP contribution in [0.25, 0.3) is 11.3 Å². The van der Waals surface area contributed by atoms with Crippen LogP contribution in [0, 0.1) is 6.92 Å². The largest absolute Gasteiger partial charge is 0.496 e. The Hall–Kier alpha value is -2.50. The van der Waals surface area contributed by atoms with E-state index in [1.807, 2.05) is 39.1 Å².